The highest BCUT2D eigenvalue weighted by Gasteiger charge is 2.22. The van der Waals surface area contributed by atoms with Gasteiger partial charge in [0, 0.05) is 30.9 Å². The van der Waals surface area contributed by atoms with Crippen molar-refractivity contribution in [1.29, 1.82) is 0 Å². The molecule has 0 unspecified atom stereocenters. The molecule has 158 valence electrons. The lowest BCUT2D eigenvalue weighted by molar-refractivity contribution is -0.384. The van der Waals surface area contributed by atoms with Crippen LogP contribution in [-0.4, -0.2) is 49.7 Å². The van der Waals surface area contributed by atoms with Gasteiger partial charge < -0.3 is 19.7 Å². The maximum atomic E-state index is 12.9. The van der Waals surface area contributed by atoms with Crippen LogP contribution >= 0.6 is 0 Å². The number of nitrogens with zero attached hydrogens (tertiary/aromatic N) is 2. The van der Waals surface area contributed by atoms with Crippen LogP contribution in [0.5, 0.6) is 0 Å². The van der Waals surface area contributed by atoms with Gasteiger partial charge in [-0.3, -0.25) is 14.9 Å². The van der Waals surface area contributed by atoms with Crippen molar-refractivity contribution in [3.8, 4) is 0 Å². The molecule has 1 aliphatic rings. The molecule has 0 bridgehead atoms. The first-order chi connectivity index (χ1) is 14.5. The first-order valence-electron chi connectivity index (χ1n) is 9.69. The van der Waals surface area contributed by atoms with Crippen molar-refractivity contribution < 1.29 is 24.0 Å². The van der Waals surface area contributed by atoms with E-state index in [1.165, 1.54) is 12.1 Å². The normalized spacial score (nSPS) is 13.6. The van der Waals surface area contributed by atoms with Crippen molar-refractivity contribution in [2.45, 2.75) is 13.3 Å². The van der Waals surface area contributed by atoms with Gasteiger partial charge in [0.15, 0.2) is 0 Å². The number of benzene rings is 2. The van der Waals surface area contributed by atoms with Crippen molar-refractivity contribution in [3.63, 3.8) is 0 Å². The minimum atomic E-state index is -0.531. The van der Waals surface area contributed by atoms with Crippen LogP contribution in [0.4, 0.5) is 17.1 Å². The van der Waals surface area contributed by atoms with Crippen molar-refractivity contribution in [2.24, 2.45) is 0 Å². The predicted octanol–water partition coefficient (Wildman–Crippen LogP) is 3.25. The standard InChI is InChI=1S/C21H23N3O6/c1-2-11-30-21(26)15-3-5-16(6-4-15)22-20(25)18-14-17(24(27)28)7-8-19(18)23-9-12-29-13-10-23/h3-8,14H,2,9-13H2,1H3,(H,22,25). The Morgan fingerprint density at radius 1 is 1.17 bits per heavy atom. The molecule has 1 saturated heterocycles. The molecule has 1 amide bonds. The van der Waals surface area contributed by atoms with E-state index in [2.05, 4.69) is 5.32 Å². The highest BCUT2D eigenvalue weighted by atomic mass is 16.6. The molecule has 1 aliphatic heterocycles. The summed E-state index contributed by atoms with van der Waals surface area (Å²) in [7, 11) is 0. The molecule has 2 aromatic rings. The number of carbonyl (C=O) groups excluding carboxylic acids is 2. The number of esters is 1. The summed E-state index contributed by atoms with van der Waals surface area (Å²) in [6.07, 6.45) is 0.731. The molecular formula is C21H23N3O6. The van der Waals surface area contributed by atoms with Crippen LogP contribution in [-0.2, 0) is 9.47 Å². The van der Waals surface area contributed by atoms with Crippen LogP contribution in [0, 0.1) is 10.1 Å². The number of non-ortho nitro benzene ring substituents is 1. The number of amides is 1. The summed E-state index contributed by atoms with van der Waals surface area (Å²) >= 11 is 0. The average molecular weight is 413 g/mol. The Hall–Kier alpha value is -3.46. The number of rotatable bonds is 7. The van der Waals surface area contributed by atoms with Gasteiger partial charge in [0.2, 0.25) is 0 Å². The molecule has 1 fully saturated rings. The Morgan fingerprint density at radius 2 is 1.87 bits per heavy atom. The summed E-state index contributed by atoms with van der Waals surface area (Å²) in [5.41, 5.74) is 1.50. The molecule has 1 N–H and O–H groups in total. The van der Waals surface area contributed by atoms with E-state index in [9.17, 15) is 19.7 Å². The van der Waals surface area contributed by atoms with Gasteiger partial charge in [-0.05, 0) is 36.8 Å². The number of morpholine rings is 1. The summed E-state index contributed by atoms with van der Waals surface area (Å²) in [4.78, 5) is 37.5. The summed E-state index contributed by atoms with van der Waals surface area (Å²) in [6, 6.07) is 10.5. The maximum absolute atomic E-state index is 12.9. The smallest absolute Gasteiger partial charge is 0.338 e. The third kappa shape index (κ3) is 5.12. The van der Waals surface area contributed by atoms with E-state index in [0.29, 0.717) is 49.8 Å². The lowest BCUT2D eigenvalue weighted by Gasteiger charge is -2.30. The molecule has 9 heteroatoms. The molecule has 0 saturated carbocycles. The van der Waals surface area contributed by atoms with Gasteiger partial charge in [0.1, 0.15) is 0 Å². The van der Waals surface area contributed by atoms with E-state index in [0.717, 1.165) is 6.42 Å². The second-order valence-corrected chi connectivity index (χ2v) is 6.73. The van der Waals surface area contributed by atoms with Crippen LogP contribution in [0.15, 0.2) is 42.5 Å². The number of anilines is 2. The zero-order chi connectivity index (χ0) is 21.5. The Labute approximate surface area is 173 Å². The summed E-state index contributed by atoms with van der Waals surface area (Å²) in [6.45, 7) is 4.47. The van der Waals surface area contributed by atoms with E-state index in [1.807, 2.05) is 11.8 Å². The molecule has 0 spiro atoms. The number of hydrogen-bond donors (Lipinski definition) is 1. The minimum Gasteiger partial charge on any atom is -0.462 e. The molecule has 3 rings (SSSR count). The fourth-order valence-electron chi connectivity index (χ4n) is 3.07. The number of ether oxygens (including phenoxy) is 2. The van der Waals surface area contributed by atoms with Crippen molar-refractivity contribution in [2.75, 3.05) is 43.1 Å². The molecule has 30 heavy (non-hydrogen) atoms. The van der Waals surface area contributed by atoms with Crippen molar-refractivity contribution in [3.05, 3.63) is 63.7 Å². The monoisotopic (exact) mass is 413 g/mol. The van der Waals surface area contributed by atoms with Crippen LogP contribution in [0.1, 0.15) is 34.1 Å². The third-order valence-electron chi connectivity index (χ3n) is 4.60. The van der Waals surface area contributed by atoms with E-state index < -0.39 is 16.8 Å². The number of carbonyl (C=O) groups is 2. The van der Waals surface area contributed by atoms with Crippen LogP contribution < -0.4 is 10.2 Å². The van der Waals surface area contributed by atoms with Gasteiger partial charge in [0.05, 0.1) is 41.6 Å². The summed E-state index contributed by atoms with van der Waals surface area (Å²) in [5.74, 6) is -0.899. The lowest BCUT2D eigenvalue weighted by Crippen LogP contribution is -2.37. The second-order valence-electron chi connectivity index (χ2n) is 6.73. The van der Waals surface area contributed by atoms with Gasteiger partial charge in [-0.25, -0.2) is 4.79 Å². The number of nitro groups is 1. The van der Waals surface area contributed by atoms with E-state index in [1.54, 1.807) is 30.3 Å². The Balaban J connectivity index is 1.80. The zero-order valence-electron chi connectivity index (χ0n) is 16.6. The van der Waals surface area contributed by atoms with Crippen molar-refractivity contribution in [1.82, 2.24) is 0 Å². The van der Waals surface area contributed by atoms with Gasteiger partial charge in [-0.15, -0.1) is 0 Å². The fourth-order valence-corrected chi connectivity index (χ4v) is 3.07. The molecule has 0 aromatic heterocycles. The average Bonchev–Trinajstić information content (AvgIpc) is 2.78. The number of nitro benzene ring substituents is 1. The zero-order valence-corrected chi connectivity index (χ0v) is 16.6. The largest absolute Gasteiger partial charge is 0.462 e. The van der Waals surface area contributed by atoms with Gasteiger partial charge in [-0.1, -0.05) is 6.92 Å². The summed E-state index contributed by atoms with van der Waals surface area (Å²) in [5, 5.41) is 13.9. The molecule has 2 aromatic carbocycles. The Kier molecular flexibility index (Phi) is 6.97. The Bertz CT molecular complexity index is 923. The SMILES string of the molecule is CCCOC(=O)c1ccc(NC(=O)c2cc([N+](=O)[O-])ccc2N2CCOCC2)cc1. The van der Waals surface area contributed by atoms with Crippen LogP contribution in [0.2, 0.25) is 0 Å². The van der Waals surface area contributed by atoms with Crippen molar-refractivity contribution >= 4 is 28.9 Å². The van der Waals surface area contributed by atoms with E-state index in [-0.39, 0.29) is 11.3 Å². The van der Waals surface area contributed by atoms with Crippen LogP contribution in [0.25, 0.3) is 0 Å². The van der Waals surface area contributed by atoms with Crippen LogP contribution in [0.3, 0.4) is 0 Å². The third-order valence-corrected chi connectivity index (χ3v) is 4.60. The van der Waals surface area contributed by atoms with Gasteiger partial charge >= 0.3 is 5.97 Å². The minimum absolute atomic E-state index is 0.161. The molecule has 1 heterocycles. The molecule has 0 aliphatic carbocycles. The first kappa shape index (κ1) is 21.3. The highest BCUT2D eigenvalue weighted by molar-refractivity contribution is 6.08. The Morgan fingerprint density at radius 3 is 2.50 bits per heavy atom. The highest BCUT2D eigenvalue weighted by Crippen LogP contribution is 2.27. The summed E-state index contributed by atoms with van der Waals surface area (Å²) < 4.78 is 10.4. The quantitative estimate of drug-likeness (QED) is 0.421. The van der Waals surface area contributed by atoms with Gasteiger partial charge in [-0.2, -0.15) is 0 Å². The molecular weight excluding hydrogens is 390 g/mol. The topological polar surface area (TPSA) is 111 Å². The molecule has 0 radical (unpaired) electrons. The molecule has 9 nitrogen and oxygen atoms in total. The molecule has 0 atom stereocenters. The number of nitrogens with one attached hydrogen (secondary N) is 1. The first-order valence-corrected chi connectivity index (χ1v) is 9.69. The van der Waals surface area contributed by atoms with Gasteiger partial charge in [0.25, 0.3) is 11.6 Å². The second kappa shape index (κ2) is 9.84. The lowest BCUT2D eigenvalue weighted by atomic mass is 10.1. The predicted molar refractivity (Wildman–Crippen MR) is 111 cm³/mol. The van der Waals surface area contributed by atoms with E-state index in [4.69, 9.17) is 9.47 Å². The fraction of sp³-hybridized carbons (Fsp3) is 0.333. The number of hydrogen-bond acceptors (Lipinski definition) is 7. The van der Waals surface area contributed by atoms with E-state index >= 15 is 0 Å². The maximum Gasteiger partial charge on any atom is 0.338 e.